The second kappa shape index (κ2) is 8.19. The number of carbonyl (C=O) groups excluding carboxylic acids is 1. The standard InChI is InChI=1S/C19H24N2OS2/c1-14(20)15-8-10-21(11-9-15)19(22)17-6-2-3-7-18(17)24-13-16-5-4-12-23-16/h2-7,12,14-15H,8-11,13,20H2,1H3. The lowest BCUT2D eigenvalue weighted by Crippen LogP contribution is -2.42. The lowest BCUT2D eigenvalue weighted by atomic mass is 9.90. The maximum atomic E-state index is 12.9. The van der Waals surface area contributed by atoms with Gasteiger partial charge in [-0.1, -0.05) is 18.2 Å². The smallest absolute Gasteiger partial charge is 0.254 e. The van der Waals surface area contributed by atoms with Crippen molar-refractivity contribution in [1.82, 2.24) is 4.90 Å². The lowest BCUT2D eigenvalue weighted by Gasteiger charge is -2.34. The van der Waals surface area contributed by atoms with Crippen molar-refractivity contribution in [2.75, 3.05) is 13.1 Å². The van der Waals surface area contributed by atoms with Crippen LogP contribution in [0.3, 0.4) is 0 Å². The van der Waals surface area contributed by atoms with E-state index < -0.39 is 0 Å². The summed E-state index contributed by atoms with van der Waals surface area (Å²) in [5.41, 5.74) is 6.84. The molecule has 1 amide bonds. The largest absolute Gasteiger partial charge is 0.339 e. The molecule has 1 aromatic heterocycles. The molecule has 1 aliphatic heterocycles. The minimum atomic E-state index is 0.160. The summed E-state index contributed by atoms with van der Waals surface area (Å²) in [4.78, 5) is 17.3. The van der Waals surface area contributed by atoms with Crippen LogP contribution in [-0.2, 0) is 5.75 Å². The van der Waals surface area contributed by atoms with Crippen molar-refractivity contribution < 1.29 is 4.79 Å². The Hall–Kier alpha value is -1.30. The van der Waals surface area contributed by atoms with E-state index in [-0.39, 0.29) is 11.9 Å². The predicted octanol–water partition coefficient (Wildman–Crippen LogP) is 4.24. The minimum absolute atomic E-state index is 0.160. The van der Waals surface area contributed by atoms with Crippen LogP contribution in [0.5, 0.6) is 0 Å². The molecular weight excluding hydrogens is 336 g/mol. The van der Waals surface area contributed by atoms with Crippen LogP contribution < -0.4 is 5.73 Å². The fraction of sp³-hybridized carbons (Fsp3) is 0.421. The van der Waals surface area contributed by atoms with Gasteiger partial charge in [-0.15, -0.1) is 23.1 Å². The number of carbonyl (C=O) groups is 1. The average Bonchev–Trinajstić information content (AvgIpc) is 3.13. The van der Waals surface area contributed by atoms with Gasteiger partial charge in [-0.3, -0.25) is 4.79 Å². The van der Waals surface area contributed by atoms with Gasteiger partial charge in [0.15, 0.2) is 0 Å². The molecule has 24 heavy (non-hydrogen) atoms. The summed E-state index contributed by atoms with van der Waals surface area (Å²) in [5.74, 6) is 1.61. The van der Waals surface area contributed by atoms with E-state index in [1.54, 1.807) is 23.1 Å². The average molecular weight is 361 g/mol. The molecule has 1 aromatic carbocycles. The zero-order valence-corrected chi connectivity index (χ0v) is 15.6. The molecule has 0 radical (unpaired) electrons. The second-order valence-corrected chi connectivity index (χ2v) is 8.40. The molecule has 1 saturated heterocycles. The molecule has 1 atom stereocenters. The van der Waals surface area contributed by atoms with Crippen molar-refractivity contribution in [1.29, 1.82) is 0 Å². The second-order valence-electron chi connectivity index (χ2n) is 6.35. The van der Waals surface area contributed by atoms with Crippen LogP contribution in [0.4, 0.5) is 0 Å². The van der Waals surface area contributed by atoms with Crippen molar-refractivity contribution in [2.24, 2.45) is 11.7 Å². The van der Waals surface area contributed by atoms with Crippen LogP contribution in [-0.4, -0.2) is 29.9 Å². The highest BCUT2D eigenvalue weighted by Crippen LogP contribution is 2.29. The molecule has 0 aliphatic carbocycles. The molecule has 3 rings (SSSR count). The zero-order valence-electron chi connectivity index (χ0n) is 14.0. The van der Waals surface area contributed by atoms with E-state index in [0.29, 0.717) is 5.92 Å². The van der Waals surface area contributed by atoms with Crippen LogP contribution in [0, 0.1) is 5.92 Å². The molecule has 128 valence electrons. The number of amides is 1. The topological polar surface area (TPSA) is 46.3 Å². The third-order valence-electron chi connectivity index (χ3n) is 4.64. The van der Waals surface area contributed by atoms with Crippen molar-refractivity contribution in [3.05, 3.63) is 52.2 Å². The first-order valence-corrected chi connectivity index (χ1v) is 10.3. The number of hydrogen-bond acceptors (Lipinski definition) is 4. The van der Waals surface area contributed by atoms with Gasteiger partial charge in [0.1, 0.15) is 0 Å². The molecule has 0 spiro atoms. The number of benzene rings is 1. The summed E-state index contributed by atoms with van der Waals surface area (Å²) < 4.78 is 0. The normalized spacial score (nSPS) is 17.0. The molecule has 2 heterocycles. The molecule has 5 heteroatoms. The van der Waals surface area contributed by atoms with Crippen LogP contribution in [0.25, 0.3) is 0 Å². The molecule has 1 fully saturated rings. The molecule has 1 unspecified atom stereocenters. The SMILES string of the molecule is CC(N)C1CCN(C(=O)c2ccccc2SCc2cccs2)CC1. The summed E-state index contributed by atoms with van der Waals surface area (Å²) in [6.07, 6.45) is 2.02. The van der Waals surface area contributed by atoms with Gasteiger partial charge in [-0.25, -0.2) is 0 Å². The molecular formula is C19H24N2OS2. The first kappa shape index (κ1) is 17.5. The van der Waals surface area contributed by atoms with E-state index in [9.17, 15) is 4.79 Å². The Balaban J connectivity index is 1.66. The number of thiophene rings is 1. The lowest BCUT2D eigenvalue weighted by molar-refractivity contribution is 0.0677. The van der Waals surface area contributed by atoms with Crippen LogP contribution in [0.15, 0.2) is 46.7 Å². The van der Waals surface area contributed by atoms with Gasteiger partial charge in [0.2, 0.25) is 0 Å². The first-order chi connectivity index (χ1) is 11.6. The highest BCUT2D eigenvalue weighted by atomic mass is 32.2. The summed E-state index contributed by atoms with van der Waals surface area (Å²) in [5, 5.41) is 2.09. The Labute approximate surface area is 152 Å². The summed E-state index contributed by atoms with van der Waals surface area (Å²) in [7, 11) is 0. The first-order valence-electron chi connectivity index (χ1n) is 8.44. The fourth-order valence-corrected chi connectivity index (χ4v) is 4.93. The number of likely N-dealkylation sites (tertiary alicyclic amines) is 1. The van der Waals surface area contributed by atoms with Gasteiger partial charge in [-0.05, 0) is 49.3 Å². The maximum absolute atomic E-state index is 12.9. The molecule has 0 bridgehead atoms. The van der Waals surface area contributed by atoms with Gasteiger partial charge in [0.05, 0.1) is 5.56 Å². The van der Waals surface area contributed by atoms with Gasteiger partial charge in [0.25, 0.3) is 5.91 Å². The number of hydrogen-bond donors (Lipinski definition) is 1. The third kappa shape index (κ3) is 4.21. The van der Waals surface area contributed by atoms with E-state index in [0.717, 1.165) is 42.1 Å². The molecule has 1 aliphatic rings. The Kier molecular flexibility index (Phi) is 5.98. The van der Waals surface area contributed by atoms with Crippen LogP contribution in [0.2, 0.25) is 0 Å². The monoisotopic (exact) mass is 360 g/mol. The van der Waals surface area contributed by atoms with Crippen molar-refractivity contribution >= 4 is 29.0 Å². The van der Waals surface area contributed by atoms with E-state index in [1.165, 1.54) is 4.88 Å². The van der Waals surface area contributed by atoms with Crippen LogP contribution >= 0.6 is 23.1 Å². The molecule has 0 saturated carbocycles. The van der Waals surface area contributed by atoms with E-state index >= 15 is 0 Å². The quantitative estimate of drug-likeness (QED) is 0.811. The van der Waals surface area contributed by atoms with Crippen LogP contribution in [0.1, 0.15) is 35.0 Å². The molecule has 2 N–H and O–H groups in total. The zero-order chi connectivity index (χ0) is 16.9. The Bertz CT molecular complexity index is 662. The molecule has 2 aromatic rings. The summed E-state index contributed by atoms with van der Waals surface area (Å²) >= 11 is 3.50. The van der Waals surface area contributed by atoms with E-state index in [2.05, 4.69) is 30.5 Å². The van der Waals surface area contributed by atoms with Crippen molar-refractivity contribution in [3.63, 3.8) is 0 Å². The highest BCUT2D eigenvalue weighted by molar-refractivity contribution is 7.98. The number of nitrogens with zero attached hydrogens (tertiary/aromatic N) is 1. The van der Waals surface area contributed by atoms with Gasteiger partial charge < -0.3 is 10.6 Å². The summed E-state index contributed by atoms with van der Waals surface area (Å²) in [6.45, 7) is 3.70. The van der Waals surface area contributed by atoms with Crippen molar-refractivity contribution in [2.45, 2.75) is 36.5 Å². The van der Waals surface area contributed by atoms with Gasteiger partial charge in [-0.2, -0.15) is 0 Å². The molecule has 3 nitrogen and oxygen atoms in total. The minimum Gasteiger partial charge on any atom is -0.339 e. The number of nitrogens with two attached hydrogens (primary N) is 1. The maximum Gasteiger partial charge on any atom is 0.254 e. The summed E-state index contributed by atoms with van der Waals surface area (Å²) in [6, 6.07) is 12.4. The number of piperidine rings is 1. The van der Waals surface area contributed by atoms with Gasteiger partial charge in [0, 0.05) is 34.7 Å². The van der Waals surface area contributed by atoms with Crippen molar-refractivity contribution in [3.8, 4) is 0 Å². The number of rotatable bonds is 5. The number of thioether (sulfide) groups is 1. The van der Waals surface area contributed by atoms with E-state index in [4.69, 9.17) is 5.73 Å². The Morgan fingerprint density at radius 2 is 2.04 bits per heavy atom. The highest BCUT2D eigenvalue weighted by Gasteiger charge is 2.26. The predicted molar refractivity (Wildman–Crippen MR) is 103 cm³/mol. The van der Waals surface area contributed by atoms with E-state index in [1.807, 2.05) is 23.1 Å². The van der Waals surface area contributed by atoms with Gasteiger partial charge >= 0.3 is 0 Å². The Morgan fingerprint density at radius 1 is 1.29 bits per heavy atom. The third-order valence-corrected chi connectivity index (χ3v) is 6.82. The fourth-order valence-electron chi connectivity index (χ4n) is 3.11. The Morgan fingerprint density at radius 3 is 2.71 bits per heavy atom.